The van der Waals surface area contributed by atoms with Gasteiger partial charge in [-0.3, -0.25) is 4.79 Å². The predicted octanol–water partition coefficient (Wildman–Crippen LogP) is 1.40. The van der Waals surface area contributed by atoms with E-state index in [-0.39, 0.29) is 5.91 Å². The van der Waals surface area contributed by atoms with Gasteiger partial charge in [-0.05, 0) is 13.8 Å². The zero-order valence-corrected chi connectivity index (χ0v) is 11.5. The number of anilines is 1. The van der Waals surface area contributed by atoms with Crippen molar-refractivity contribution in [1.29, 1.82) is 0 Å². The molecule has 17 heavy (non-hydrogen) atoms. The Morgan fingerprint density at radius 3 is 2.76 bits per heavy atom. The molecular weight excluding hydrogens is 236 g/mol. The fraction of sp³-hybridized carbons (Fsp3) is 0.545. The van der Waals surface area contributed by atoms with Crippen molar-refractivity contribution in [3.63, 3.8) is 0 Å². The van der Waals surface area contributed by atoms with Gasteiger partial charge in [-0.15, -0.1) is 0 Å². The van der Waals surface area contributed by atoms with E-state index in [1.165, 1.54) is 18.1 Å². The van der Waals surface area contributed by atoms with Gasteiger partial charge < -0.3 is 10.2 Å². The summed E-state index contributed by atoms with van der Waals surface area (Å²) in [4.78, 5) is 21.4. The summed E-state index contributed by atoms with van der Waals surface area (Å²) >= 11 is 1.44. The molecule has 94 valence electrons. The third-order valence-electron chi connectivity index (χ3n) is 2.21. The molecule has 1 aromatic heterocycles. The van der Waals surface area contributed by atoms with Crippen molar-refractivity contribution in [2.24, 2.45) is 0 Å². The molecule has 0 unspecified atom stereocenters. The molecule has 1 amide bonds. The van der Waals surface area contributed by atoms with Crippen molar-refractivity contribution < 1.29 is 4.79 Å². The topological polar surface area (TPSA) is 58.1 Å². The quantitative estimate of drug-likeness (QED) is 0.636. The SMILES string of the molecule is CCNc1ncnc(SCC(=O)N(C)C)c1C. The van der Waals surface area contributed by atoms with Crippen LogP contribution in [0.25, 0.3) is 0 Å². The van der Waals surface area contributed by atoms with Crippen molar-refractivity contribution in [3.05, 3.63) is 11.9 Å². The number of amides is 1. The van der Waals surface area contributed by atoms with Gasteiger partial charge in [-0.25, -0.2) is 9.97 Å². The third kappa shape index (κ3) is 3.89. The molecule has 1 aromatic rings. The van der Waals surface area contributed by atoms with Crippen molar-refractivity contribution in [2.45, 2.75) is 18.9 Å². The molecular formula is C11H18N4OS. The molecule has 0 saturated heterocycles. The molecule has 0 aliphatic heterocycles. The minimum atomic E-state index is 0.0815. The number of nitrogens with zero attached hydrogens (tertiary/aromatic N) is 3. The Bertz CT molecular complexity index is 395. The van der Waals surface area contributed by atoms with Gasteiger partial charge >= 0.3 is 0 Å². The number of aromatic nitrogens is 2. The first-order valence-electron chi connectivity index (χ1n) is 5.44. The number of nitrogens with one attached hydrogen (secondary N) is 1. The fourth-order valence-corrected chi connectivity index (χ4v) is 2.14. The Morgan fingerprint density at radius 2 is 2.18 bits per heavy atom. The van der Waals surface area contributed by atoms with Crippen LogP contribution in [0.1, 0.15) is 12.5 Å². The molecule has 0 bridgehead atoms. The molecule has 1 rings (SSSR count). The Hall–Kier alpha value is -1.30. The Kier molecular flexibility index (Phi) is 5.21. The number of hydrogen-bond donors (Lipinski definition) is 1. The maximum absolute atomic E-state index is 11.5. The number of hydrogen-bond acceptors (Lipinski definition) is 5. The van der Waals surface area contributed by atoms with Crippen LogP contribution in [-0.4, -0.2) is 47.2 Å². The number of carbonyl (C=O) groups is 1. The molecule has 6 heteroatoms. The highest BCUT2D eigenvalue weighted by Gasteiger charge is 2.10. The van der Waals surface area contributed by atoms with Crippen LogP contribution < -0.4 is 5.32 Å². The van der Waals surface area contributed by atoms with Crippen molar-refractivity contribution in [1.82, 2.24) is 14.9 Å². The van der Waals surface area contributed by atoms with E-state index < -0.39 is 0 Å². The summed E-state index contributed by atoms with van der Waals surface area (Å²) in [6, 6.07) is 0. The normalized spacial score (nSPS) is 10.1. The van der Waals surface area contributed by atoms with Gasteiger partial charge in [0.15, 0.2) is 0 Å². The summed E-state index contributed by atoms with van der Waals surface area (Å²) in [5, 5.41) is 4.02. The molecule has 0 atom stereocenters. The minimum absolute atomic E-state index is 0.0815. The molecule has 0 saturated carbocycles. The van der Waals surface area contributed by atoms with E-state index in [4.69, 9.17) is 0 Å². The molecule has 0 radical (unpaired) electrons. The van der Waals surface area contributed by atoms with Crippen molar-refractivity contribution >= 4 is 23.5 Å². The summed E-state index contributed by atoms with van der Waals surface area (Å²) in [6.45, 7) is 4.79. The summed E-state index contributed by atoms with van der Waals surface area (Å²) < 4.78 is 0. The highest BCUT2D eigenvalue weighted by molar-refractivity contribution is 7.99. The van der Waals surface area contributed by atoms with E-state index in [1.54, 1.807) is 19.0 Å². The fourth-order valence-electron chi connectivity index (χ4n) is 1.18. The second kappa shape index (κ2) is 6.44. The first-order chi connectivity index (χ1) is 8.06. The monoisotopic (exact) mass is 254 g/mol. The lowest BCUT2D eigenvalue weighted by Gasteiger charge is -2.11. The largest absolute Gasteiger partial charge is 0.370 e. The zero-order valence-electron chi connectivity index (χ0n) is 10.6. The summed E-state index contributed by atoms with van der Waals surface area (Å²) in [6.07, 6.45) is 1.52. The van der Waals surface area contributed by atoms with E-state index in [1.807, 2.05) is 13.8 Å². The van der Waals surface area contributed by atoms with E-state index in [2.05, 4.69) is 15.3 Å². The molecule has 0 spiro atoms. The van der Waals surface area contributed by atoms with Gasteiger partial charge in [-0.1, -0.05) is 11.8 Å². The van der Waals surface area contributed by atoms with E-state index in [9.17, 15) is 4.79 Å². The number of thioether (sulfide) groups is 1. The molecule has 1 heterocycles. The van der Waals surface area contributed by atoms with Crippen molar-refractivity contribution in [2.75, 3.05) is 31.7 Å². The maximum Gasteiger partial charge on any atom is 0.232 e. The number of carbonyl (C=O) groups excluding carboxylic acids is 1. The van der Waals surface area contributed by atoms with Crippen LogP contribution in [0.2, 0.25) is 0 Å². The van der Waals surface area contributed by atoms with Gasteiger partial charge in [0.25, 0.3) is 0 Å². The third-order valence-corrected chi connectivity index (χ3v) is 3.29. The highest BCUT2D eigenvalue weighted by Crippen LogP contribution is 2.23. The van der Waals surface area contributed by atoms with Crippen LogP contribution in [-0.2, 0) is 4.79 Å². The highest BCUT2D eigenvalue weighted by atomic mass is 32.2. The average Bonchev–Trinajstić information content (AvgIpc) is 2.30. The van der Waals surface area contributed by atoms with Crippen LogP contribution in [0.3, 0.4) is 0 Å². The lowest BCUT2D eigenvalue weighted by molar-refractivity contribution is -0.125. The van der Waals surface area contributed by atoms with Crippen LogP contribution in [0, 0.1) is 6.92 Å². The van der Waals surface area contributed by atoms with Crippen LogP contribution in [0.15, 0.2) is 11.4 Å². The summed E-state index contributed by atoms with van der Waals surface area (Å²) in [5.74, 6) is 1.32. The van der Waals surface area contributed by atoms with Gasteiger partial charge in [-0.2, -0.15) is 0 Å². The first-order valence-corrected chi connectivity index (χ1v) is 6.43. The van der Waals surface area contributed by atoms with E-state index in [0.29, 0.717) is 5.75 Å². The Balaban J connectivity index is 2.71. The smallest absolute Gasteiger partial charge is 0.232 e. The zero-order chi connectivity index (χ0) is 12.8. The molecule has 5 nitrogen and oxygen atoms in total. The molecule has 0 aliphatic rings. The second-order valence-corrected chi connectivity index (χ2v) is 4.72. The summed E-state index contributed by atoms with van der Waals surface area (Å²) in [7, 11) is 3.50. The van der Waals surface area contributed by atoms with Crippen molar-refractivity contribution in [3.8, 4) is 0 Å². The van der Waals surface area contributed by atoms with E-state index in [0.717, 1.165) is 23.0 Å². The Morgan fingerprint density at radius 1 is 1.47 bits per heavy atom. The summed E-state index contributed by atoms with van der Waals surface area (Å²) in [5.41, 5.74) is 0.992. The van der Waals surface area contributed by atoms with Gasteiger partial charge in [0.2, 0.25) is 5.91 Å². The molecule has 0 aromatic carbocycles. The Labute approximate surface area is 106 Å². The van der Waals surface area contributed by atoms with Gasteiger partial charge in [0.1, 0.15) is 17.2 Å². The molecule has 0 aliphatic carbocycles. The predicted molar refractivity (Wildman–Crippen MR) is 70.4 cm³/mol. The molecule has 0 fully saturated rings. The second-order valence-electron chi connectivity index (χ2n) is 3.76. The van der Waals surface area contributed by atoms with Crippen LogP contribution in [0.5, 0.6) is 0 Å². The minimum Gasteiger partial charge on any atom is -0.370 e. The number of rotatable bonds is 5. The van der Waals surface area contributed by atoms with Crippen LogP contribution in [0.4, 0.5) is 5.82 Å². The molecule has 1 N–H and O–H groups in total. The average molecular weight is 254 g/mol. The standard InChI is InChI=1S/C11H18N4OS/c1-5-12-10-8(2)11(14-7-13-10)17-6-9(16)15(3)4/h7H,5-6H2,1-4H3,(H,12,13,14). The maximum atomic E-state index is 11.5. The lowest BCUT2D eigenvalue weighted by Crippen LogP contribution is -2.23. The van der Waals surface area contributed by atoms with Gasteiger partial charge in [0.05, 0.1) is 5.75 Å². The first kappa shape index (κ1) is 13.8. The van der Waals surface area contributed by atoms with Gasteiger partial charge in [0, 0.05) is 26.2 Å². The lowest BCUT2D eigenvalue weighted by atomic mass is 10.3. The van der Waals surface area contributed by atoms with Crippen LogP contribution >= 0.6 is 11.8 Å². The van der Waals surface area contributed by atoms with E-state index >= 15 is 0 Å².